The molecule has 1 saturated heterocycles. The number of ether oxygens (including phenoxy) is 1. The molecule has 2 amide bonds. The minimum absolute atomic E-state index is 0.0159. The first-order valence-corrected chi connectivity index (χ1v) is 11.2. The summed E-state index contributed by atoms with van der Waals surface area (Å²) in [5.41, 5.74) is 0.240. The maximum absolute atomic E-state index is 13.4. The molecule has 5 rings (SSSR count). The molecule has 1 aromatic carbocycles. The second-order valence-corrected chi connectivity index (χ2v) is 8.70. The monoisotopic (exact) mass is 426 g/mol. The molecular weight excluding hydrogens is 404 g/mol. The molecule has 0 N–H and O–H groups in total. The van der Waals surface area contributed by atoms with Crippen LogP contribution in [-0.4, -0.2) is 57.8 Å². The van der Waals surface area contributed by atoms with Crippen molar-refractivity contribution >= 4 is 29.3 Å². The molecule has 3 aliphatic rings. The lowest BCUT2D eigenvalue weighted by atomic mass is 10.1. The number of amides is 2. The van der Waals surface area contributed by atoms with Crippen molar-refractivity contribution in [1.29, 1.82) is 0 Å². The third kappa shape index (κ3) is 3.27. The summed E-state index contributed by atoms with van der Waals surface area (Å²) < 4.78 is 7.52. The van der Waals surface area contributed by atoms with Gasteiger partial charge < -0.3 is 14.5 Å². The fourth-order valence-electron chi connectivity index (χ4n) is 4.18. The fourth-order valence-corrected chi connectivity index (χ4v) is 5.10. The van der Waals surface area contributed by atoms with Crippen LogP contribution in [0.3, 0.4) is 0 Å². The Kier molecular flexibility index (Phi) is 4.98. The average molecular weight is 426 g/mol. The van der Waals surface area contributed by atoms with Crippen LogP contribution in [0.1, 0.15) is 29.6 Å². The van der Waals surface area contributed by atoms with E-state index in [9.17, 15) is 14.4 Å². The number of thioether (sulfide) groups is 1. The second kappa shape index (κ2) is 7.79. The highest BCUT2D eigenvalue weighted by atomic mass is 32.2. The standard InChI is InChI=1S/C21H22N4O4S/c26-18-14(12-22-21-24(18)10-11-30-21)19(27)25-13-17(20(28)23-8-4-1-5-9-23)29-16-7-3-2-6-15(16)25/h2-3,6-7,12,17H,1,4-5,8-11,13H2/t17-/m0/s1. The summed E-state index contributed by atoms with van der Waals surface area (Å²) in [5, 5.41) is 0.636. The number of fused-ring (bicyclic) bond motifs is 2. The van der Waals surface area contributed by atoms with E-state index in [1.165, 1.54) is 22.9 Å². The Morgan fingerprint density at radius 1 is 1.10 bits per heavy atom. The highest BCUT2D eigenvalue weighted by Crippen LogP contribution is 2.34. The quantitative estimate of drug-likeness (QED) is 0.681. The zero-order valence-electron chi connectivity index (χ0n) is 16.5. The molecule has 2 aromatic rings. The molecule has 0 aliphatic carbocycles. The second-order valence-electron chi connectivity index (χ2n) is 7.64. The average Bonchev–Trinajstić information content (AvgIpc) is 3.28. The van der Waals surface area contributed by atoms with E-state index in [1.54, 1.807) is 28.8 Å². The molecule has 156 valence electrons. The van der Waals surface area contributed by atoms with Crippen LogP contribution >= 0.6 is 11.8 Å². The van der Waals surface area contributed by atoms with E-state index < -0.39 is 12.0 Å². The van der Waals surface area contributed by atoms with Gasteiger partial charge >= 0.3 is 0 Å². The van der Waals surface area contributed by atoms with Crippen LogP contribution < -0.4 is 15.2 Å². The van der Waals surface area contributed by atoms with Gasteiger partial charge in [0.1, 0.15) is 11.3 Å². The highest BCUT2D eigenvalue weighted by molar-refractivity contribution is 7.99. The zero-order chi connectivity index (χ0) is 20.7. The highest BCUT2D eigenvalue weighted by Gasteiger charge is 2.37. The number of rotatable bonds is 2. The molecule has 4 heterocycles. The maximum atomic E-state index is 13.4. The number of hydrogen-bond donors (Lipinski definition) is 0. The molecular formula is C21H22N4O4S. The van der Waals surface area contributed by atoms with Crippen molar-refractivity contribution < 1.29 is 14.3 Å². The minimum Gasteiger partial charge on any atom is -0.476 e. The summed E-state index contributed by atoms with van der Waals surface area (Å²) in [6.45, 7) is 2.04. The van der Waals surface area contributed by atoms with E-state index in [4.69, 9.17) is 4.74 Å². The Hall–Kier alpha value is -2.81. The van der Waals surface area contributed by atoms with E-state index in [0.717, 1.165) is 25.0 Å². The molecule has 9 heteroatoms. The van der Waals surface area contributed by atoms with Crippen molar-refractivity contribution in [1.82, 2.24) is 14.5 Å². The van der Waals surface area contributed by atoms with Gasteiger partial charge in [-0.05, 0) is 31.4 Å². The van der Waals surface area contributed by atoms with E-state index in [-0.39, 0.29) is 23.6 Å². The van der Waals surface area contributed by atoms with Gasteiger partial charge in [-0.3, -0.25) is 19.0 Å². The number of hydrogen-bond acceptors (Lipinski definition) is 6. The number of para-hydroxylation sites is 2. The lowest BCUT2D eigenvalue weighted by molar-refractivity contribution is -0.139. The van der Waals surface area contributed by atoms with Gasteiger partial charge in [0.05, 0.1) is 12.2 Å². The molecule has 30 heavy (non-hydrogen) atoms. The van der Waals surface area contributed by atoms with Gasteiger partial charge in [0.2, 0.25) is 0 Å². The van der Waals surface area contributed by atoms with Gasteiger partial charge in [-0.15, -0.1) is 0 Å². The third-order valence-corrected chi connectivity index (χ3v) is 6.72. The molecule has 3 aliphatic heterocycles. The lowest BCUT2D eigenvalue weighted by Gasteiger charge is -2.37. The summed E-state index contributed by atoms with van der Waals surface area (Å²) in [4.78, 5) is 46.9. The van der Waals surface area contributed by atoms with Crippen molar-refractivity contribution in [3.63, 3.8) is 0 Å². The number of carbonyl (C=O) groups excluding carboxylic acids is 2. The molecule has 1 aromatic heterocycles. The van der Waals surface area contributed by atoms with Crippen LogP contribution in [0, 0.1) is 0 Å². The summed E-state index contributed by atoms with van der Waals surface area (Å²) >= 11 is 1.50. The van der Waals surface area contributed by atoms with Crippen molar-refractivity contribution in [3.05, 3.63) is 46.4 Å². The Morgan fingerprint density at radius 3 is 2.73 bits per heavy atom. The Labute approximate surface area is 177 Å². The van der Waals surface area contributed by atoms with Crippen LogP contribution in [0.25, 0.3) is 0 Å². The Morgan fingerprint density at radius 2 is 1.90 bits per heavy atom. The van der Waals surface area contributed by atoms with Crippen molar-refractivity contribution in [2.24, 2.45) is 0 Å². The first-order chi connectivity index (χ1) is 14.6. The molecule has 8 nitrogen and oxygen atoms in total. The third-order valence-electron chi connectivity index (χ3n) is 5.75. The number of benzene rings is 1. The maximum Gasteiger partial charge on any atom is 0.267 e. The fraction of sp³-hybridized carbons (Fsp3) is 0.429. The minimum atomic E-state index is -0.789. The Bertz CT molecular complexity index is 1060. The molecule has 1 atom stereocenters. The first kappa shape index (κ1) is 19.2. The summed E-state index contributed by atoms with van der Waals surface area (Å²) in [5.74, 6) is 0.679. The normalized spacial score (nSPS) is 20.3. The number of nitrogens with zero attached hydrogens (tertiary/aromatic N) is 4. The summed E-state index contributed by atoms with van der Waals surface area (Å²) in [7, 11) is 0. The molecule has 1 fully saturated rings. The number of carbonyl (C=O) groups is 2. The van der Waals surface area contributed by atoms with Crippen molar-refractivity contribution in [2.45, 2.75) is 37.1 Å². The number of piperidine rings is 1. The van der Waals surface area contributed by atoms with Crippen LogP contribution in [0.4, 0.5) is 5.69 Å². The largest absolute Gasteiger partial charge is 0.476 e. The van der Waals surface area contributed by atoms with E-state index in [0.29, 0.717) is 36.2 Å². The van der Waals surface area contributed by atoms with E-state index >= 15 is 0 Å². The van der Waals surface area contributed by atoms with Crippen LogP contribution in [0.5, 0.6) is 5.75 Å². The zero-order valence-corrected chi connectivity index (χ0v) is 17.3. The molecule has 0 saturated carbocycles. The predicted octanol–water partition coefficient (Wildman–Crippen LogP) is 1.77. The van der Waals surface area contributed by atoms with Gasteiger partial charge in [-0.1, -0.05) is 23.9 Å². The van der Waals surface area contributed by atoms with Gasteiger partial charge in [0, 0.05) is 31.6 Å². The van der Waals surface area contributed by atoms with Crippen molar-refractivity contribution in [3.8, 4) is 5.75 Å². The topological polar surface area (TPSA) is 84.7 Å². The summed E-state index contributed by atoms with van der Waals surface area (Å²) in [6, 6.07) is 7.12. The van der Waals surface area contributed by atoms with Gasteiger partial charge in [-0.2, -0.15) is 0 Å². The van der Waals surface area contributed by atoms with Gasteiger partial charge in [0.25, 0.3) is 17.4 Å². The van der Waals surface area contributed by atoms with Crippen LogP contribution in [-0.2, 0) is 11.3 Å². The molecule has 0 unspecified atom stereocenters. The first-order valence-electron chi connectivity index (χ1n) is 10.2. The number of likely N-dealkylation sites (tertiary alicyclic amines) is 1. The molecule has 0 bridgehead atoms. The lowest BCUT2D eigenvalue weighted by Crippen LogP contribution is -2.53. The molecule has 0 radical (unpaired) electrons. The van der Waals surface area contributed by atoms with E-state index in [1.807, 2.05) is 4.90 Å². The van der Waals surface area contributed by atoms with Crippen LogP contribution in [0.2, 0.25) is 0 Å². The SMILES string of the molecule is O=C([C@@H]1CN(C(=O)c2cnc3n(c2=O)CCS3)c2ccccc2O1)N1CCCCC1. The molecule has 0 spiro atoms. The van der Waals surface area contributed by atoms with E-state index in [2.05, 4.69) is 4.98 Å². The van der Waals surface area contributed by atoms with Crippen molar-refractivity contribution in [2.75, 3.05) is 30.3 Å². The van der Waals surface area contributed by atoms with Gasteiger partial charge in [0.15, 0.2) is 11.3 Å². The summed E-state index contributed by atoms with van der Waals surface area (Å²) in [6.07, 6.45) is 3.65. The number of anilines is 1. The Balaban J connectivity index is 1.48. The van der Waals surface area contributed by atoms with Crippen LogP contribution in [0.15, 0.2) is 40.4 Å². The predicted molar refractivity (Wildman–Crippen MR) is 112 cm³/mol. The smallest absolute Gasteiger partial charge is 0.267 e. The number of aromatic nitrogens is 2. The van der Waals surface area contributed by atoms with Gasteiger partial charge in [-0.25, -0.2) is 4.98 Å².